The van der Waals surface area contributed by atoms with E-state index >= 15 is 0 Å². The highest BCUT2D eigenvalue weighted by Gasteiger charge is 2.08. The predicted octanol–water partition coefficient (Wildman–Crippen LogP) is 3.34. The highest BCUT2D eigenvalue weighted by molar-refractivity contribution is 5.90. The molecule has 0 fully saturated rings. The Labute approximate surface area is 122 Å². The van der Waals surface area contributed by atoms with Crippen LogP contribution >= 0.6 is 0 Å². The van der Waals surface area contributed by atoms with Gasteiger partial charge in [0.05, 0.1) is 18.5 Å². The molecule has 5 heteroatoms. The lowest BCUT2D eigenvalue weighted by molar-refractivity contribution is -0.141. The van der Waals surface area contributed by atoms with E-state index in [1.807, 2.05) is 30.3 Å². The number of hydrogen-bond acceptors (Lipinski definition) is 5. The molecule has 0 saturated heterocycles. The molecular formula is C16H15NO4. The van der Waals surface area contributed by atoms with E-state index in [2.05, 4.69) is 9.72 Å². The Morgan fingerprint density at radius 1 is 1.19 bits per heavy atom. The molecule has 0 atom stereocenters. The molecule has 0 aliphatic heterocycles. The molecule has 1 heterocycles. The molecule has 1 aromatic carbocycles. The lowest BCUT2D eigenvalue weighted by Gasteiger charge is -2.05. The van der Waals surface area contributed by atoms with Crippen LogP contribution in [-0.2, 0) is 9.53 Å². The summed E-state index contributed by atoms with van der Waals surface area (Å²) in [6.45, 7) is 1.87. The Balaban J connectivity index is 2.05. The number of rotatable bonds is 5. The number of benzene rings is 1. The van der Waals surface area contributed by atoms with Gasteiger partial charge in [-0.15, -0.1) is 0 Å². The zero-order valence-electron chi connectivity index (χ0n) is 11.5. The number of carbonyl (C=O) groups excluding carboxylic acids is 1. The van der Waals surface area contributed by atoms with Crippen molar-refractivity contribution in [3.05, 3.63) is 60.1 Å². The Bertz CT molecular complexity index is 620. The van der Waals surface area contributed by atoms with Crippen molar-refractivity contribution in [1.29, 1.82) is 0 Å². The van der Waals surface area contributed by atoms with E-state index in [0.29, 0.717) is 17.2 Å². The number of aromatic nitrogens is 1. The summed E-state index contributed by atoms with van der Waals surface area (Å²) in [7, 11) is 0. The lowest BCUT2D eigenvalue weighted by Crippen LogP contribution is -2.06. The fourth-order valence-corrected chi connectivity index (χ4v) is 1.57. The molecule has 0 aliphatic carbocycles. The van der Waals surface area contributed by atoms with Gasteiger partial charge >= 0.3 is 5.97 Å². The normalized spacial score (nSPS) is 11.0. The number of aliphatic hydroxyl groups excluding tert-OH is 1. The van der Waals surface area contributed by atoms with Crippen LogP contribution in [0.25, 0.3) is 6.08 Å². The highest BCUT2D eigenvalue weighted by atomic mass is 16.5. The first-order valence-electron chi connectivity index (χ1n) is 6.46. The highest BCUT2D eigenvalue weighted by Crippen LogP contribution is 2.20. The first kappa shape index (κ1) is 14.6. The van der Waals surface area contributed by atoms with Gasteiger partial charge in [-0.2, -0.15) is 0 Å². The van der Waals surface area contributed by atoms with Crippen molar-refractivity contribution in [3.63, 3.8) is 0 Å². The van der Waals surface area contributed by atoms with Crippen molar-refractivity contribution in [2.24, 2.45) is 0 Å². The number of ether oxygens (including phenoxy) is 2. The second kappa shape index (κ2) is 7.09. The Hall–Kier alpha value is -2.82. The maximum absolute atomic E-state index is 11.3. The second-order valence-electron chi connectivity index (χ2n) is 4.08. The smallest absolute Gasteiger partial charge is 0.373 e. The van der Waals surface area contributed by atoms with Crippen molar-refractivity contribution in [1.82, 2.24) is 4.98 Å². The Kier molecular flexibility index (Phi) is 4.93. The minimum absolute atomic E-state index is 0.202. The summed E-state index contributed by atoms with van der Waals surface area (Å²) in [4.78, 5) is 15.4. The first-order valence-corrected chi connectivity index (χ1v) is 6.46. The van der Waals surface area contributed by atoms with Gasteiger partial charge in [0.2, 0.25) is 5.76 Å². The maximum atomic E-state index is 11.3. The molecule has 0 spiro atoms. The Morgan fingerprint density at radius 3 is 2.57 bits per heavy atom. The van der Waals surface area contributed by atoms with Gasteiger partial charge in [-0.1, -0.05) is 18.2 Å². The van der Waals surface area contributed by atoms with E-state index in [4.69, 9.17) is 4.74 Å². The van der Waals surface area contributed by atoms with Crippen molar-refractivity contribution in [2.45, 2.75) is 6.92 Å². The molecule has 1 N–H and O–H groups in total. The van der Waals surface area contributed by atoms with Gasteiger partial charge in [0, 0.05) is 6.08 Å². The summed E-state index contributed by atoms with van der Waals surface area (Å²) in [5.41, 5.74) is 0.431. The third-order valence-electron chi connectivity index (χ3n) is 2.51. The van der Waals surface area contributed by atoms with Crippen molar-refractivity contribution in [3.8, 4) is 11.5 Å². The summed E-state index contributed by atoms with van der Waals surface area (Å²) in [5, 5.41) is 9.52. The molecule has 0 saturated carbocycles. The van der Waals surface area contributed by atoms with Crippen LogP contribution in [0.5, 0.6) is 11.5 Å². The molecule has 1 aromatic heterocycles. The summed E-state index contributed by atoms with van der Waals surface area (Å²) >= 11 is 0. The van der Waals surface area contributed by atoms with Crippen LogP contribution < -0.4 is 4.74 Å². The molecule has 0 radical (unpaired) electrons. The number of nitrogens with zero attached hydrogens (tertiary/aromatic N) is 1. The largest absolute Gasteiger partial charge is 0.502 e. The molecule has 5 nitrogen and oxygen atoms in total. The fourth-order valence-electron chi connectivity index (χ4n) is 1.57. The summed E-state index contributed by atoms with van der Waals surface area (Å²) in [6, 6.07) is 12.6. The molecule has 0 amide bonds. The van der Waals surface area contributed by atoms with Gasteiger partial charge in [-0.25, -0.2) is 4.79 Å². The van der Waals surface area contributed by atoms with Gasteiger partial charge in [0.25, 0.3) is 0 Å². The van der Waals surface area contributed by atoms with Crippen molar-refractivity contribution < 1.29 is 19.4 Å². The molecule has 108 valence electrons. The van der Waals surface area contributed by atoms with Gasteiger partial charge < -0.3 is 14.6 Å². The third kappa shape index (κ3) is 4.35. The van der Waals surface area contributed by atoms with E-state index in [1.165, 1.54) is 12.3 Å². The number of esters is 1. The second-order valence-corrected chi connectivity index (χ2v) is 4.08. The van der Waals surface area contributed by atoms with E-state index in [1.54, 1.807) is 19.1 Å². The van der Waals surface area contributed by atoms with Crippen LogP contribution in [-0.4, -0.2) is 22.7 Å². The van der Waals surface area contributed by atoms with Crippen LogP contribution in [0.15, 0.2) is 54.4 Å². The van der Waals surface area contributed by atoms with Gasteiger partial charge in [0.15, 0.2) is 0 Å². The third-order valence-corrected chi connectivity index (χ3v) is 2.51. The lowest BCUT2D eigenvalue weighted by atomic mass is 10.3. The van der Waals surface area contributed by atoms with E-state index in [-0.39, 0.29) is 6.61 Å². The standard InChI is InChI=1S/C16H15NO4/c1-2-20-16(19)15(18)10-12-8-9-14(11-17-12)21-13-6-4-3-5-7-13/h3-11,18H,2H2,1H3. The van der Waals surface area contributed by atoms with E-state index in [0.717, 1.165) is 0 Å². The molecule has 0 aliphatic rings. The SMILES string of the molecule is CCOC(=O)C(O)=Cc1ccc(Oc2ccccc2)cn1. The quantitative estimate of drug-likeness (QED) is 0.518. The van der Waals surface area contributed by atoms with E-state index < -0.39 is 11.7 Å². The molecule has 2 aromatic rings. The van der Waals surface area contributed by atoms with E-state index in [9.17, 15) is 9.90 Å². The van der Waals surface area contributed by atoms with Crippen LogP contribution in [0.2, 0.25) is 0 Å². The van der Waals surface area contributed by atoms with Gasteiger partial charge in [-0.05, 0) is 31.2 Å². The van der Waals surface area contributed by atoms with Gasteiger partial charge in [0.1, 0.15) is 11.5 Å². The maximum Gasteiger partial charge on any atom is 0.373 e. The monoisotopic (exact) mass is 285 g/mol. The van der Waals surface area contributed by atoms with Crippen molar-refractivity contribution >= 4 is 12.0 Å². The molecule has 0 unspecified atom stereocenters. The fraction of sp³-hybridized carbons (Fsp3) is 0.125. The zero-order valence-corrected chi connectivity index (χ0v) is 11.5. The van der Waals surface area contributed by atoms with Crippen molar-refractivity contribution in [2.75, 3.05) is 6.61 Å². The minimum atomic E-state index is -0.774. The van der Waals surface area contributed by atoms with Crippen LogP contribution in [0.1, 0.15) is 12.6 Å². The first-order chi connectivity index (χ1) is 10.2. The van der Waals surface area contributed by atoms with Crippen LogP contribution in [0.3, 0.4) is 0 Å². The average Bonchev–Trinajstić information content (AvgIpc) is 2.50. The summed E-state index contributed by atoms with van der Waals surface area (Å²) in [5.74, 6) is 0.0101. The predicted molar refractivity (Wildman–Crippen MR) is 78.0 cm³/mol. The van der Waals surface area contributed by atoms with Crippen LogP contribution in [0.4, 0.5) is 0 Å². The number of aliphatic hydroxyl groups is 1. The molecule has 21 heavy (non-hydrogen) atoms. The molecule has 0 bridgehead atoms. The molecule has 2 rings (SSSR count). The number of para-hydroxylation sites is 1. The average molecular weight is 285 g/mol. The summed E-state index contributed by atoms with van der Waals surface area (Å²) in [6.07, 6.45) is 2.75. The summed E-state index contributed by atoms with van der Waals surface area (Å²) < 4.78 is 10.3. The van der Waals surface area contributed by atoms with Gasteiger partial charge in [-0.3, -0.25) is 4.98 Å². The van der Waals surface area contributed by atoms with Crippen LogP contribution in [0, 0.1) is 0 Å². The number of pyridine rings is 1. The minimum Gasteiger partial charge on any atom is -0.502 e. The Morgan fingerprint density at radius 2 is 1.95 bits per heavy atom. The zero-order chi connectivity index (χ0) is 15.1. The molecular weight excluding hydrogens is 270 g/mol. The topological polar surface area (TPSA) is 68.7 Å². The number of hydrogen-bond donors (Lipinski definition) is 1. The number of carbonyl (C=O) groups is 1.